The van der Waals surface area contributed by atoms with Gasteiger partial charge in [-0.2, -0.15) is 0 Å². The van der Waals surface area contributed by atoms with Crippen LogP contribution in [0.5, 0.6) is 0 Å². The second-order valence-corrected chi connectivity index (χ2v) is 6.71. The summed E-state index contributed by atoms with van der Waals surface area (Å²) in [5.41, 5.74) is 3.81. The number of hydrogen-bond donors (Lipinski definition) is 1. The van der Waals surface area contributed by atoms with E-state index in [1.807, 2.05) is 31.2 Å². The molecule has 7 heteroatoms. The Morgan fingerprint density at radius 1 is 1.21 bits per heavy atom. The fourth-order valence-corrected chi connectivity index (χ4v) is 3.10. The van der Waals surface area contributed by atoms with Gasteiger partial charge in [0, 0.05) is 25.8 Å². The lowest BCUT2D eigenvalue weighted by molar-refractivity contribution is 0.0950. The van der Waals surface area contributed by atoms with Crippen molar-refractivity contribution in [3.8, 4) is 22.7 Å². The number of benzene rings is 1. The molecule has 0 radical (unpaired) electrons. The number of methoxy groups -OCH3 is 1. The van der Waals surface area contributed by atoms with Crippen molar-refractivity contribution in [2.75, 3.05) is 20.3 Å². The number of furan rings is 1. The quantitative estimate of drug-likeness (QED) is 0.474. The van der Waals surface area contributed by atoms with Crippen LogP contribution in [0.25, 0.3) is 33.8 Å². The van der Waals surface area contributed by atoms with Crippen molar-refractivity contribution in [3.63, 3.8) is 0 Å². The lowest BCUT2D eigenvalue weighted by Gasteiger charge is -2.08. The first-order valence-corrected chi connectivity index (χ1v) is 9.36. The summed E-state index contributed by atoms with van der Waals surface area (Å²) in [5.74, 6) is 0.325. The third-order valence-corrected chi connectivity index (χ3v) is 4.60. The Bertz CT molecular complexity index is 1120. The summed E-state index contributed by atoms with van der Waals surface area (Å²) >= 11 is 0. The van der Waals surface area contributed by atoms with Gasteiger partial charge in [0.2, 0.25) is 0 Å². The van der Waals surface area contributed by atoms with E-state index in [9.17, 15) is 4.79 Å². The number of ether oxygens (including phenoxy) is 1. The van der Waals surface area contributed by atoms with Crippen LogP contribution in [0.15, 0.2) is 57.7 Å². The van der Waals surface area contributed by atoms with E-state index < -0.39 is 0 Å². The zero-order valence-corrected chi connectivity index (χ0v) is 16.3. The van der Waals surface area contributed by atoms with E-state index in [0.29, 0.717) is 41.2 Å². The van der Waals surface area contributed by atoms with E-state index in [4.69, 9.17) is 13.7 Å². The molecule has 4 aromatic rings. The zero-order chi connectivity index (χ0) is 20.2. The minimum Gasteiger partial charge on any atom is -0.463 e. The molecule has 29 heavy (non-hydrogen) atoms. The number of aryl methyl sites for hydroxylation is 1. The lowest BCUT2D eigenvalue weighted by Crippen LogP contribution is -2.25. The van der Waals surface area contributed by atoms with Crippen molar-refractivity contribution in [3.05, 3.63) is 59.9 Å². The van der Waals surface area contributed by atoms with Crippen molar-refractivity contribution < 1.29 is 18.5 Å². The summed E-state index contributed by atoms with van der Waals surface area (Å²) in [6, 6.07) is 13.1. The maximum atomic E-state index is 13.0. The molecule has 0 spiro atoms. The highest BCUT2D eigenvalue weighted by Gasteiger charge is 2.22. The van der Waals surface area contributed by atoms with Crippen LogP contribution in [-0.4, -0.2) is 36.3 Å². The maximum Gasteiger partial charge on any atom is 0.259 e. The molecule has 0 saturated carbocycles. The number of rotatable bonds is 7. The van der Waals surface area contributed by atoms with Gasteiger partial charge in [0.1, 0.15) is 11.4 Å². The van der Waals surface area contributed by atoms with Gasteiger partial charge in [0.25, 0.3) is 11.6 Å². The Morgan fingerprint density at radius 2 is 2.03 bits per heavy atom. The van der Waals surface area contributed by atoms with Crippen molar-refractivity contribution in [1.29, 1.82) is 0 Å². The summed E-state index contributed by atoms with van der Waals surface area (Å²) < 4.78 is 16.0. The highest BCUT2D eigenvalue weighted by atomic mass is 16.5. The molecule has 3 aromatic heterocycles. The smallest absolute Gasteiger partial charge is 0.259 e. The molecule has 148 valence electrons. The van der Waals surface area contributed by atoms with Gasteiger partial charge < -0.3 is 19.0 Å². The molecule has 0 saturated heterocycles. The van der Waals surface area contributed by atoms with Crippen LogP contribution in [0, 0.1) is 6.92 Å². The van der Waals surface area contributed by atoms with E-state index >= 15 is 0 Å². The molecule has 7 nitrogen and oxygen atoms in total. The molecule has 0 atom stereocenters. The van der Waals surface area contributed by atoms with Gasteiger partial charge in [-0.15, -0.1) is 0 Å². The Morgan fingerprint density at radius 3 is 2.76 bits per heavy atom. The summed E-state index contributed by atoms with van der Waals surface area (Å²) in [5, 5.41) is 7.71. The third-order valence-electron chi connectivity index (χ3n) is 4.60. The number of carbonyl (C=O) groups is 1. The molecule has 0 aliphatic heterocycles. The largest absolute Gasteiger partial charge is 0.463 e. The molecule has 1 amide bonds. The Labute approximate surface area is 167 Å². The van der Waals surface area contributed by atoms with E-state index in [1.165, 1.54) is 0 Å². The van der Waals surface area contributed by atoms with E-state index in [-0.39, 0.29) is 11.6 Å². The molecule has 1 N–H and O–H groups in total. The maximum absolute atomic E-state index is 13.0. The molecule has 0 aliphatic carbocycles. The highest BCUT2D eigenvalue weighted by molar-refractivity contribution is 6.10. The fourth-order valence-electron chi connectivity index (χ4n) is 3.10. The van der Waals surface area contributed by atoms with Crippen LogP contribution in [0.1, 0.15) is 22.3 Å². The normalized spacial score (nSPS) is 11.1. The molecule has 3 heterocycles. The second-order valence-electron chi connectivity index (χ2n) is 6.71. The summed E-state index contributed by atoms with van der Waals surface area (Å²) in [6.07, 6.45) is 2.28. The predicted octanol–water partition coefficient (Wildman–Crippen LogP) is 4.22. The van der Waals surface area contributed by atoms with Gasteiger partial charge >= 0.3 is 0 Å². The summed E-state index contributed by atoms with van der Waals surface area (Å²) in [6.45, 7) is 3.09. The number of hydrogen-bond acceptors (Lipinski definition) is 6. The van der Waals surface area contributed by atoms with E-state index in [2.05, 4.69) is 15.5 Å². The van der Waals surface area contributed by atoms with Crippen molar-refractivity contribution in [2.24, 2.45) is 0 Å². The van der Waals surface area contributed by atoms with Crippen molar-refractivity contribution in [1.82, 2.24) is 15.5 Å². The molecule has 4 rings (SSSR count). The zero-order valence-electron chi connectivity index (χ0n) is 16.3. The number of amides is 1. The first-order valence-electron chi connectivity index (χ1n) is 9.36. The number of fused-ring (bicyclic) bond motifs is 1. The predicted molar refractivity (Wildman–Crippen MR) is 109 cm³/mol. The van der Waals surface area contributed by atoms with Crippen LogP contribution in [0.3, 0.4) is 0 Å². The number of pyridine rings is 1. The molecular weight excluding hydrogens is 370 g/mol. The van der Waals surface area contributed by atoms with Crippen LogP contribution in [0.4, 0.5) is 0 Å². The number of aromatic nitrogens is 2. The van der Waals surface area contributed by atoms with E-state index in [1.54, 1.807) is 31.6 Å². The molecular formula is C22H21N3O4. The first kappa shape index (κ1) is 18.9. The van der Waals surface area contributed by atoms with Gasteiger partial charge in [-0.25, -0.2) is 4.98 Å². The van der Waals surface area contributed by atoms with Crippen LogP contribution >= 0.6 is 0 Å². The third kappa shape index (κ3) is 3.90. The minimum absolute atomic E-state index is 0.224. The van der Waals surface area contributed by atoms with Crippen LogP contribution in [0.2, 0.25) is 0 Å². The summed E-state index contributed by atoms with van der Waals surface area (Å²) in [4.78, 5) is 17.5. The van der Waals surface area contributed by atoms with Gasteiger partial charge in [-0.3, -0.25) is 4.79 Å². The molecule has 0 bridgehead atoms. The molecule has 0 unspecified atom stereocenters. The summed E-state index contributed by atoms with van der Waals surface area (Å²) in [7, 11) is 1.63. The Kier molecular flexibility index (Phi) is 5.39. The van der Waals surface area contributed by atoms with Crippen molar-refractivity contribution in [2.45, 2.75) is 13.3 Å². The van der Waals surface area contributed by atoms with Gasteiger partial charge in [0.15, 0.2) is 5.76 Å². The standard InChI is InChI=1S/C22H21N3O4/c1-14-6-8-15(9-7-14)20-19-16(21(26)23-10-4-11-27-2)13-17(18-5-3-12-28-18)24-22(19)29-25-20/h3,5-9,12-13H,4,10-11H2,1-2H3,(H,23,26). The Hall–Kier alpha value is -3.45. The minimum atomic E-state index is -0.224. The topological polar surface area (TPSA) is 90.4 Å². The average Bonchev–Trinajstić information content (AvgIpc) is 3.41. The van der Waals surface area contributed by atoms with E-state index in [0.717, 1.165) is 17.5 Å². The lowest BCUT2D eigenvalue weighted by atomic mass is 10.0. The van der Waals surface area contributed by atoms with Crippen LogP contribution in [-0.2, 0) is 4.74 Å². The first-order chi connectivity index (χ1) is 14.2. The number of nitrogens with one attached hydrogen (secondary N) is 1. The average molecular weight is 391 g/mol. The highest BCUT2D eigenvalue weighted by Crippen LogP contribution is 2.33. The van der Waals surface area contributed by atoms with Crippen LogP contribution < -0.4 is 5.32 Å². The van der Waals surface area contributed by atoms with Gasteiger partial charge in [-0.1, -0.05) is 35.0 Å². The monoisotopic (exact) mass is 391 g/mol. The molecule has 1 aromatic carbocycles. The molecule has 0 fully saturated rings. The SMILES string of the molecule is COCCCNC(=O)c1cc(-c2ccco2)nc2onc(-c3ccc(C)cc3)c12. The van der Waals surface area contributed by atoms with Gasteiger partial charge in [0.05, 0.1) is 17.2 Å². The number of nitrogens with zero attached hydrogens (tertiary/aromatic N) is 2. The van der Waals surface area contributed by atoms with Gasteiger partial charge in [-0.05, 0) is 31.5 Å². The molecule has 0 aliphatic rings. The second kappa shape index (κ2) is 8.28. The fraction of sp³-hybridized carbons (Fsp3) is 0.227. The van der Waals surface area contributed by atoms with Crippen molar-refractivity contribution >= 4 is 17.0 Å². The Balaban J connectivity index is 1.81. The number of carbonyl (C=O) groups excluding carboxylic acids is 1.